The average molecular weight is 493 g/mol. The second-order valence-corrected chi connectivity index (χ2v) is 6.27. The fourth-order valence-electron chi connectivity index (χ4n) is 2.05. The average Bonchev–Trinajstić information content (AvgIpc) is 3.22. The van der Waals surface area contributed by atoms with E-state index in [4.69, 9.17) is 9.26 Å². The number of hydrogen-bond donors (Lipinski definition) is 2. The predicted octanol–water partition coefficient (Wildman–Crippen LogP) is 3.05. The molecule has 0 aromatic carbocycles. The zero-order valence-electron chi connectivity index (χ0n) is 15.2. The highest BCUT2D eigenvalue weighted by molar-refractivity contribution is 14.0. The number of esters is 1. The molecule has 10 heteroatoms. The topological polar surface area (TPSA) is 102 Å². The van der Waals surface area contributed by atoms with Crippen LogP contribution in [0.5, 0.6) is 0 Å². The minimum atomic E-state index is -0.331. The quantitative estimate of drug-likeness (QED) is 0.265. The summed E-state index contributed by atoms with van der Waals surface area (Å²) in [7, 11) is 0. The molecule has 0 spiro atoms. The van der Waals surface area contributed by atoms with Gasteiger partial charge < -0.3 is 19.9 Å². The Morgan fingerprint density at radius 2 is 2.23 bits per heavy atom. The molecule has 26 heavy (non-hydrogen) atoms. The third kappa shape index (κ3) is 6.24. The van der Waals surface area contributed by atoms with Gasteiger partial charge in [0.25, 0.3) is 0 Å². The lowest BCUT2D eigenvalue weighted by molar-refractivity contribution is 0.0531. The van der Waals surface area contributed by atoms with E-state index in [1.54, 1.807) is 13.0 Å². The number of nitrogens with one attached hydrogen (secondary N) is 2. The molecule has 0 radical (unpaired) electrons. The number of rotatable bonds is 7. The summed E-state index contributed by atoms with van der Waals surface area (Å²) in [4.78, 5) is 21.4. The molecule has 144 valence electrons. The van der Waals surface area contributed by atoms with E-state index in [2.05, 4.69) is 25.8 Å². The lowest BCUT2D eigenvalue weighted by Crippen LogP contribution is -2.38. The van der Waals surface area contributed by atoms with E-state index in [9.17, 15) is 4.79 Å². The molecule has 8 nitrogen and oxygen atoms in total. The third-order valence-corrected chi connectivity index (χ3v) is 4.55. The van der Waals surface area contributed by atoms with Crippen LogP contribution in [0.1, 0.15) is 52.9 Å². The van der Waals surface area contributed by atoms with E-state index >= 15 is 0 Å². The molecule has 0 aliphatic carbocycles. The number of ether oxygens (including phenoxy) is 1. The van der Waals surface area contributed by atoms with Crippen LogP contribution in [0.4, 0.5) is 0 Å². The van der Waals surface area contributed by atoms with Crippen LogP contribution in [0, 0.1) is 6.92 Å². The molecule has 1 unspecified atom stereocenters. The number of halogens is 1. The number of guanidine groups is 1. The first kappa shape index (κ1) is 22.4. The highest BCUT2D eigenvalue weighted by atomic mass is 127. The summed E-state index contributed by atoms with van der Waals surface area (Å²) < 4.78 is 9.86. The van der Waals surface area contributed by atoms with E-state index < -0.39 is 0 Å². The Kier molecular flexibility index (Phi) is 9.55. The fraction of sp³-hybridized carbons (Fsp3) is 0.500. The van der Waals surface area contributed by atoms with Crippen molar-refractivity contribution in [1.82, 2.24) is 20.8 Å². The number of aromatic nitrogens is 2. The van der Waals surface area contributed by atoms with Gasteiger partial charge in [-0.2, -0.15) is 0 Å². The first-order valence-electron chi connectivity index (χ1n) is 8.13. The lowest BCUT2D eigenvalue weighted by atomic mass is 10.3. The second-order valence-electron chi connectivity index (χ2n) is 5.24. The van der Waals surface area contributed by atoms with Crippen molar-refractivity contribution >= 4 is 47.2 Å². The molecule has 0 saturated carbocycles. The van der Waals surface area contributed by atoms with Gasteiger partial charge in [0, 0.05) is 12.6 Å². The second kappa shape index (κ2) is 11.1. The Hall–Kier alpha value is -1.69. The summed E-state index contributed by atoms with van der Waals surface area (Å²) in [6.07, 6.45) is 1.52. The van der Waals surface area contributed by atoms with Gasteiger partial charge in [-0.25, -0.2) is 14.8 Å². The highest BCUT2D eigenvalue weighted by Gasteiger charge is 2.20. The van der Waals surface area contributed by atoms with Gasteiger partial charge in [0.15, 0.2) is 5.96 Å². The number of hydrogen-bond acceptors (Lipinski definition) is 7. The van der Waals surface area contributed by atoms with Gasteiger partial charge in [-0.1, -0.05) is 5.16 Å². The van der Waals surface area contributed by atoms with E-state index in [0.717, 1.165) is 17.2 Å². The zero-order chi connectivity index (χ0) is 18.2. The maximum absolute atomic E-state index is 11.9. The standard InChI is InChI=1S/C16H23N5O3S.HI/c1-5-17-16(18-9-12-7-8-24-21-12)20-11(4)14-19-10(3)13(25-14)15(22)23-6-2;/h7-8,11H,5-6,9H2,1-4H3,(H2,17,18,20);1H. The molecule has 2 N–H and O–H groups in total. The molecule has 2 aromatic heterocycles. The molecule has 0 bridgehead atoms. The van der Waals surface area contributed by atoms with Gasteiger partial charge in [0.05, 0.1) is 24.9 Å². The molecule has 0 amide bonds. The van der Waals surface area contributed by atoms with Crippen LogP contribution in [0.3, 0.4) is 0 Å². The van der Waals surface area contributed by atoms with Crippen LogP contribution in [0.25, 0.3) is 0 Å². The summed E-state index contributed by atoms with van der Waals surface area (Å²) in [5.74, 6) is 0.311. The Morgan fingerprint density at radius 3 is 2.85 bits per heavy atom. The van der Waals surface area contributed by atoms with Gasteiger partial charge in [-0.3, -0.25) is 0 Å². The first-order valence-corrected chi connectivity index (χ1v) is 8.95. The minimum Gasteiger partial charge on any atom is -0.462 e. The van der Waals surface area contributed by atoms with Crippen LogP contribution in [-0.4, -0.2) is 35.2 Å². The molecule has 1 atom stereocenters. The Bertz CT molecular complexity index is 718. The fourth-order valence-corrected chi connectivity index (χ4v) is 3.02. The smallest absolute Gasteiger partial charge is 0.350 e. The number of thiazole rings is 1. The Morgan fingerprint density at radius 1 is 1.46 bits per heavy atom. The van der Waals surface area contributed by atoms with Crippen LogP contribution >= 0.6 is 35.3 Å². The van der Waals surface area contributed by atoms with Crippen molar-refractivity contribution in [3.8, 4) is 0 Å². The molecule has 0 saturated heterocycles. The normalized spacial score (nSPS) is 12.2. The number of carbonyl (C=O) groups excluding carboxylic acids is 1. The minimum absolute atomic E-state index is 0. The summed E-state index contributed by atoms with van der Waals surface area (Å²) in [6, 6.07) is 1.66. The maximum atomic E-state index is 11.9. The van der Waals surface area contributed by atoms with Crippen molar-refractivity contribution < 1.29 is 14.1 Å². The summed E-state index contributed by atoms with van der Waals surface area (Å²) in [5.41, 5.74) is 1.43. The molecule has 2 heterocycles. The summed E-state index contributed by atoms with van der Waals surface area (Å²) in [5, 5.41) is 11.1. The van der Waals surface area contributed by atoms with E-state index in [0.29, 0.717) is 29.7 Å². The van der Waals surface area contributed by atoms with Gasteiger partial charge >= 0.3 is 5.97 Å². The zero-order valence-corrected chi connectivity index (χ0v) is 18.4. The SMILES string of the molecule is CCNC(=NCc1ccon1)NC(C)c1nc(C)c(C(=O)OCC)s1.I. The number of aryl methyl sites for hydroxylation is 1. The molecule has 2 aromatic rings. The Balaban J connectivity index is 0.00000338. The highest BCUT2D eigenvalue weighted by Crippen LogP contribution is 2.24. The monoisotopic (exact) mass is 493 g/mol. The van der Waals surface area contributed by atoms with Gasteiger partial charge in [0.2, 0.25) is 0 Å². The van der Waals surface area contributed by atoms with E-state index in [1.807, 2.05) is 20.8 Å². The van der Waals surface area contributed by atoms with Crippen LogP contribution in [0.2, 0.25) is 0 Å². The first-order chi connectivity index (χ1) is 12.0. The molecular formula is C16H24IN5O3S. The number of aliphatic imine (C=N–C) groups is 1. The number of nitrogens with zero attached hydrogens (tertiary/aromatic N) is 3. The predicted molar refractivity (Wildman–Crippen MR) is 111 cm³/mol. The van der Waals surface area contributed by atoms with Crippen molar-refractivity contribution in [3.63, 3.8) is 0 Å². The molecule has 0 aliphatic rings. The molecule has 0 fully saturated rings. The van der Waals surface area contributed by atoms with Gasteiger partial charge in [0.1, 0.15) is 21.8 Å². The van der Waals surface area contributed by atoms with Crippen LogP contribution < -0.4 is 10.6 Å². The Labute approximate surface area is 173 Å². The number of carbonyl (C=O) groups is 1. The summed E-state index contributed by atoms with van der Waals surface area (Å²) in [6.45, 7) is 9.03. The molecule has 0 aliphatic heterocycles. The van der Waals surface area contributed by atoms with Crippen molar-refractivity contribution in [2.45, 2.75) is 40.3 Å². The van der Waals surface area contributed by atoms with Crippen molar-refractivity contribution in [1.29, 1.82) is 0 Å². The molecular weight excluding hydrogens is 469 g/mol. The third-order valence-electron chi connectivity index (χ3n) is 3.23. The van der Waals surface area contributed by atoms with Crippen LogP contribution in [0.15, 0.2) is 21.8 Å². The maximum Gasteiger partial charge on any atom is 0.350 e. The van der Waals surface area contributed by atoms with Crippen molar-refractivity contribution in [2.75, 3.05) is 13.2 Å². The molecule has 2 rings (SSSR count). The van der Waals surface area contributed by atoms with Gasteiger partial charge in [-0.15, -0.1) is 35.3 Å². The van der Waals surface area contributed by atoms with E-state index in [1.165, 1.54) is 17.6 Å². The lowest BCUT2D eigenvalue weighted by Gasteiger charge is -2.15. The largest absolute Gasteiger partial charge is 0.462 e. The van der Waals surface area contributed by atoms with Crippen molar-refractivity contribution in [2.24, 2.45) is 4.99 Å². The van der Waals surface area contributed by atoms with E-state index in [-0.39, 0.29) is 36.0 Å². The van der Waals surface area contributed by atoms with Crippen molar-refractivity contribution in [3.05, 3.63) is 33.6 Å². The van der Waals surface area contributed by atoms with Gasteiger partial charge in [-0.05, 0) is 27.7 Å². The summed E-state index contributed by atoms with van der Waals surface area (Å²) >= 11 is 1.33. The van der Waals surface area contributed by atoms with Crippen LogP contribution in [-0.2, 0) is 11.3 Å².